The summed E-state index contributed by atoms with van der Waals surface area (Å²) in [4.78, 5) is 14.7. The van der Waals surface area contributed by atoms with Gasteiger partial charge in [-0.2, -0.15) is 0 Å². The van der Waals surface area contributed by atoms with Crippen LogP contribution in [0.4, 0.5) is 0 Å². The summed E-state index contributed by atoms with van der Waals surface area (Å²) < 4.78 is 0. The number of aromatic nitrogens is 3. The van der Waals surface area contributed by atoms with E-state index in [2.05, 4.69) is 10.2 Å². The number of hydrogen-bond acceptors (Lipinski definition) is 5. The fourth-order valence-corrected chi connectivity index (χ4v) is 5.21. The summed E-state index contributed by atoms with van der Waals surface area (Å²) in [6.07, 6.45) is 1.09. The number of carbonyl (C=O) groups is 1. The first-order valence-corrected chi connectivity index (χ1v) is 12.1. The highest BCUT2D eigenvalue weighted by atomic mass is 35.5. The van der Waals surface area contributed by atoms with Crippen molar-refractivity contribution in [1.82, 2.24) is 15.0 Å². The summed E-state index contributed by atoms with van der Waals surface area (Å²) in [5.41, 5.74) is 3.41. The third-order valence-corrected chi connectivity index (χ3v) is 7.00. The Morgan fingerprint density at radius 1 is 0.935 bits per heavy atom. The maximum Gasteiger partial charge on any atom is 0.307 e. The number of nitrogens with zero attached hydrogens (tertiary/aromatic N) is 3. The Hall–Kier alpha value is -2.48. The predicted molar refractivity (Wildman–Crippen MR) is 128 cm³/mol. The molecule has 4 rings (SSSR count). The van der Waals surface area contributed by atoms with Crippen LogP contribution in [-0.4, -0.2) is 37.6 Å². The Morgan fingerprint density at radius 2 is 1.61 bits per heavy atom. The number of carboxylic acid groups (broad SMARTS) is 1. The molecule has 0 aliphatic carbocycles. The third-order valence-electron chi connectivity index (χ3n) is 4.52. The number of carboxylic acids is 1. The molecule has 1 aromatic heterocycles. The molecule has 1 N–H and O–H groups in total. The van der Waals surface area contributed by atoms with Crippen LogP contribution in [0.15, 0.2) is 76.5 Å². The number of hydrogen-bond donors (Lipinski definition) is 1. The van der Waals surface area contributed by atoms with Crippen molar-refractivity contribution < 1.29 is 9.90 Å². The van der Waals surface area contributed by atoms with E-state index in [9.17, 15) is 4.79 Å². The molecule has 0 aliphatic rings. The highest BCUT2D eigenvalue weighted by Gasteiger charge is 2.11. The zero-order valence-corrected chi connectivity index (χ0v) is 19.0. The normalized spacial score (nSPS) is 11.1. The fraction of sp³-hybridized carbons (Fsp3) is 0.174. The molecule has 0 fully saturated rings. The molecular weight excluding hydrogens is 450 g/mol. The SMILES string of the molecule is O=C(O)Cc1ccc(SCCCSc2ccc(Cl)cc2-n2nc3ccccc3n2)cc1. The molecule has 0 saturated heterocycles. The molecule has 0 saturated carbocycles. The van der Waals surface area contributed by atoms with Crippen molar-refractivity contribution in [3.63, 3.8) is 0 Å². The van der Waals surface area contributed by atoms with Gasteiger partial charge in [-0.25, -0.2) is 0 Å². The highest BCUT2D eigenvalue weighted by Crippen LogP contribution is 2.30. The van der Waals surface area contributed by atoms with Crippen LogP contribution >= 0.6 is 35.1 Å². The average Bonchev–Trinajstić information content (AvgIpc) is 3.19. The molecule has 0 unspecified atom stereocenters. The molecule has 31 heavy (non-hydrogen) atoms. The molecule has 158 valence electrons. The molecule has 0 bridgehead atoms. The first-order valence-electron chi connectivity index (χ1n) is 9.77. The van der Waals surface area contributed by atoms with E-state index in [1.807, 2.05) is 66.7 Å². The van der Waals surface area contributed by atoms with Crippen LogP contribution in [0.1, 0.15) is 12.0 Å². The summed E-state index contributed by atoms with van der Waals surface area (Å²) >= 11 is 9.79. The van der Waals surface area contributed by atoms with Gasteiger partial charge in [0.2, 0.25) is 0 Å². The second-order valence-corrected chi connectivity index (χ2v) is 9.60. The minimum atomic E-state index is -0.808. The largest absolute Gasteiger partial charge is 0.481 e. The van der Waals surface area contributed by atoms with Gasteiger partial charge in [-0.3, -0.25) is 4.79 Å². The first kappa shape index (κ1) is 21.7. The molecule has 8 heteroatoms. The Bertz CT molecular complexity index is 1160. The molecule has 3 aromatic carbocycles. The predicted octanol–water partition coefficient (Wildman–Crippen LogP) is 5.98. The van der Waals surface area contributed by atoms with E-state index < -0.39 is 5.97 Å². The lowest BCUT2D eigenvalue weighted by atomic mass is 10.2. The van der Waals surface area contributed by atoms with Crippen molar-refractivity contribution in [2.45, 2.75) is 22.6 Å². The molecule has 1 heterocycles. The van der Waals surface area contributed by atoms with Crippen molar-refractivity contribution in [2.24, 2.45) is 0 Å². The van der Waals surface area contributed by atoms with E-state index in [0.29, 0.717) is 5.02 Å². The molecule has 5 nitrogen and oxygen atoms in total. The van der Waals surface area contributed by atoms with Crippen molar-refractivity contribution in [3.05, 3.63) is 77.3 Å². The monoisotopic (exact) mass is 469 g/mol. The average molecular weight is 470 g/mol. The van der Waals surface area contributed by atoms with E-state index in [-0.39, 0.29) is 6.42 Å². The minimum absolute atomic E-state index is 0.0612. The van der Waals surface area contributed by atoms with Gasteiger partial charge in [0, 0.05) is 14.8 Å². The lowest BCUT2D eigenvalue weighted by molar-refractivity contribution is -0.136. The van der Waals surface area contributed by atoms with E-state index >= 15 is 0 Å². The smallest absolute Gasteiger partial charge is 0.307 e. The minimum Gasteiger partial charge on any atom is -0.481 e. The lowest BCUT2D eigenvalue weighted by Gasteiger charge is -2.09. The Balaban J connectivity index is 1.34. The van der Waals surface area contributed by atoms with E-state index in [1.165, 1.54) is 0 Å². The van der Waals surface area contributed by atoms with E-state index in [1.54, 1.807) is 28.3 Å². The van der Waals surface area contributed by atoms with Crippen molar-refractivity contribution in [2.75, 3.05) is 11.5 Å². The Kier molecular flexibility index (Phi) is 7.17. The molecule has 0 aliphatic heterocycles. The number of benzene rings is 3. The van der Waals surface area contributed by atoms with E-state index in [0.717, 1.165) is 50.0 Å². The van der Waals surface area contributed by atoms with Gasteiger partial charge >= 0.3 is 5.97 Å². The Labute approximate surface area is 193 Å². The number of thioether (sulfide) groups is 2. The van der Waals surface area contributed by atoms with Crippen molar-refractivity contribution in [1.29, 1.82) is 0 Å². The molecular formula is C23H20ClN3O2S2. The second kappa shape index (κ2) is 10.2. The van der Waals surface area contributed by atoms with Gasteiger partial charge in [0.25, 0.3) is 0 Å². The first-order chi connectivity index (χ1) is 15.1. The number of fused-ring (bicyclic) bond motifs is 1. The number of aliphatic carboxylic acids is 1. The summed E-state index contributed by atoms with van der Waals surface area (Å²) in [6.45, 7) is 0. The van der Waals surface area contributed by atoms with Gasteiger partial charge in [0.05, 0.1) is 6.42 Å². The summed E-state index contributed by atoms with van der Waals surface area (Å²) in [7, 11) is 0. The van der Waals surface area contributed by atoms with Crippen LogP contribution in [0.3, 0.4) is 0 Å². The quantitative estimate of drug-likeness (QED) is 0.240. The Morgan fingerprint density at radius 3 is 2.29 bits per heavy atom. The highest BCUT2D eigenvalue weighted by molar-refractivity contribution is 8.00. The fourth-order valence-electron chi connectivity index (χ4n) is 3.05. The summed E-state index contributed by atoms with van der Waals surface area (Å²) in [5, 5.41) is 18.7. The number of halogens is 1. The van der Waals surface area contributed by atoms with Crippen LogP contribution < -0.4 is 0 Å². The zero-order valence-electron chi connectivity index (χ0n) is 16.6. The van der Waals surface area contributed by atoms with Gasteiger partial charge in [-0.15, -0.1) is 38.5 Å². The molecule has 0 radical (unpaired) electrons. The topological polar surface area (TPSA) is 68.0 Å². The van der Waals surface area contributed by atoms with Crippen LogP contribution in [0.2, 0.25) is 5.02 Å². The van der Waals surface area contributed by atoms with Gasteiger partial charge in [-0.1, -0.05) is 35.9 Å². The maximum atomic E-state index is 10.8. The molecule has 0 atom stereocenters. The van der Waals surface area contributed by atoms with Crippen LogP contribution in [0, 0.1) is 0 Å². The van der Waals surface area contributed by atoms with Crippen molar-refractivity contribution >= 4 is 52.1 Å². The molecule has 0 amide bonds. The molecule has 0 spiro atoms. The van der Waals surface area contributed by atoms with Gasteiger partial charge in [0.15, 0.2) is 0 Å². The van der Waals surface area contributed by atoms with Gasteiger partial charge in [0.1, 0.15) is 16.7 Å². The van der Waals surface area contributed by atoms with Crippen LogP contribution in [0.25, 0.3) is 16.7 Å². The third kappa shape index (κ3) is 5.81. The number of rotatable bonds is 9. The summed E-state index contributed by atoms with van der Waals surface area (Å²) in [5.74, 6) is 1.13. The van der Waals surface area contributed by atoms with Crippen LogP contribution in [0.5, 0.6) is 0 Å². The zero-order chi connectivity index (χ0) is 21.6. The van der Waals surface area contributed by atoms with Crippen molar-refractivity contribution in [3.8, 4) is 5.69 Å². The molecule has 4 aromatic rings. The van der Waals surface area contributed by atoms with Gasteiger partial charge in [-0.05, 0) is 66.0 Å². The second-order valence-electron chi connectivity index (χ2n) is 6.86. The lowest BCUT2D eigenvalue weighted by Crippen LogP contribution is -2.01. The summed E-state index contributed by atoms with van der Waals surface area (Å²) in [6, 6.07) is 21.3. The van der Waals surface area contributed by atoms with E-state index in [4.69, 9.17) is 16.7 Å². The van der Waals surface area contributed by atoms with Gasteiger partial charge < -0.3 is 5.11 Å². The maximum absolute atomic E-state index is 10.8. The van der Waals surface area contributed by atoms with Crippen LogP contribution in [-0.2, 0) is 11.2 Å². The standard InChI is InChI=1S/C23H20ClN3O2S2/c24-17-8-11-22(21(15-17)27-25-19-4-1-2-5-20(19)26-27)31-13-3-12-30-18-9-6-16(7-10-18)14-23(28)29/h1-2,4-11,15H,3,12-14H2,(H,28,29).